The lowest BCUT2D eigenvalue weighted by atomic mass is 10.1. The first-order valence-corrected chi connectivity index (χ1v) is 4.49. The number of imidazole rings is 1. The van der Waals surface area contributed by atoms with Gasteiger partial charge in [0.05, 0.1) is 12.7 Å². The molecule has 0 saturated carbocycles. The van der Waals surface area contributed by atoms with Crippen LogP contribution in [-0.4, -0.2) is 17.1 Å². The first kappa shape index (κ1) is 9.35. The van der Waals surface area contributed by atoms with Gasteiger partial charge in [-0.15, -0.1) is 6.42 Å². The molecule has 0 aliphatic rings. The summed E-state index contributed by atoms with van der Waals surface area (Å²) in [5.41, 5.74) is 1.70. The molecule has 2 aromatic rings. The predicted octanol–water partition coefficient (Wildman–Crippen LogP) is 2.07. The van der Waals surface area contributed by atoms with Gasteiger partial charge in [-0.3, -0.25) is 0 Å². The van der Waals surface area contributed by atoms with Crippen LogP contribution >= 0.6 is 0 Å². The molecule has 0 bridgehead atoms. The van der Waals surface area contributed by atoms with Crippen LogP contribution in [0.5, 0.6) is 5.75 Å². The lowest BCUT2D eigenvalue weighted by molar-refractivity contribution is 0.416. The number of rotatable bonds is 2. The molecule has 74 valence electrons. The Morgan fingerprint density at radius 3 is 2.93 bits per heavy atom. The zero-order chi connectivity index (χ0) is 10.7. The van der Waals surface area contributed by atoms with Crippen molar-refractivity contribution in [1.29, 1.82) is 0 Å². The molecule has 0 unspecified atom stereocenters. The third-order valence-electron chi connectivity index (χ3n) is 2.12. The fraction of sp³-hybridized carbons (Fsp3) is 0.0833. The van der Waals surface area contributed by atoms with E-state index in [1.165, 1.54) is 0 Å². The van der Waals surface area contributed by atoms with E-state index in [0.29, 0.717) is 0 Å². The number of terminal acetylenes is 1. The molecule has 1 heterocycles. The number of hydrogen-bond acceptors (Lipinski definition) is 2. The number of nitrogens with one attached hydrogen (secondary N) is 1. The van der Waals surface area contributed by atoms with Gasteiger partial charge in [0.2, 0.25) is 0 Å². The average molecular weight is 198 g/mol. The molecular formula is C12H10N2O. The van der Waals surface area contributed by atoms with Gasteiger partial charge in [0.25, 0.3) is 0 Å². The largest absolute Gasteiger partial charge is 0.496 e. The van der Waals surface area contributed by atoms with Crippen LogP contribution in [0.15, 0.2) is 30.6 Å². The Bertz CT molecular complexity index is 495. The predicted molar refractivity (Wildman–Crippen MR) is 58.5 cm³/mol. The molecule has 2 rings (SSSR count). The molecule has 0 radical (unpaired) electrons. The molecule has 1 aromatic heterocycles. The Labute approximate surface area is 88.1 Å². The zero-order valence-corrected chi connectivity index (χ0v) is 8.32. The van der Waals surface area contributed by atoms with E-state index in [1.54, 1.807) is 19.5 Å². The maximum atomic E-state index is 5.31. The Kier molecular flexibility index (Phi) is 2.42. The minimum Gasteiger partial charge on any atom is -0.496 e. The highest BCUT2D eigenvalue weighted by Crippen LogP contribution is 2.27. The number of aromatic amines is 1. The van der Waals surface area contributed by atoms with Crippen LogP contribution < -0.4 is 4.74 Å². The van der Waals surface area contributed by atoms with Crippen molar-refractivity contribution in [2.75, 3.05) is 7.11 Å². The third kappa shape index (κ3) is 1.70. The van der Waals surface area contributed by atoms with Gasteiger partial charge < -0.3 is 9.72 Å². The quantitative estimate of drug-likeness (QED) is 0.750. The van der Waals surface area contributed by atoms with Crippen LogP contribution in [0.2, 0.25) is 0 Å². The van der Waals surface area contributed by atoms with Crippen LogP contribution in [0.3, 0.4) is 0 Å². The highest BCUT2D eigenvalue weighted by molar-refractivity contribution is 5.65. The third-order valence-corrected chi connectivity index (χ3v) is 2.12. The number of ether oxygens (including phenoxy) is 1. The number of nitrogens with zero attached hydrogens (tertiary/aromatic N) is 1. The van der Waals surface area contributed by atoms with Gasteiger partial charge in [-0.2, -0.15) is 0 Å². The van der Waals surface area contributed by atoms with Crippen molar-refractivity contribution in [2.24, 2.45) is 0 Å². The second-order valence-corrected chi connectivity index (χ2v) is 3.00. The molecule has 1 N–H and O–H groups in total. The Balaban J connectivity index is 2.54. The normalized spacial score (nSPS) is 9.60. The first-order valence-electron chi connectivity index (χ1n) is 4.49. The van der Waals surface area contributed by atoms with Gasteiger partial charge in [0.1, 0.15) is 11.6 Å². The molecule has 3 nitrogen and oxygen atoms in total. The van der Waals surface area contributed by atoms with Crippen LogP contribution in [-0.2, 0) is 0 Å². The van der Waals surface area contributed by atoms with Gasteiger partial charge >= 0.3 is 0 Å². The molecule has 1 aromatic carbocycles. The molecule has 0 atom stereocenters. The van der Waals surface area contributed by atoms with Gasteiger partial charge in [-0.05, 0) is 18.2 Å². The van der Waals surface area contributed by atoms with Crippen molar-refractivity contribution in [3.05, 3.63) is 36.2 Å². The van der Waals surface area contributed by atoms with E-state index >= 15 is 0 Å². The zero-order valence-electron chi connectivity index (χ0n) is 8.32. The van der Waals surface area contributed by atoms with Gasteiger partial charge in [0, 0.05) is 18.0 Å². The van der Waals surface area contributed by atoms with Crippen molar-refractivity contribution in [3.8, 4) is 29.5 Å². The minimum absolute atomic E-state index is 0.723. The number of benzene rings is 1. The minimum atomic E-state index is 0.723. The van der Waals surface area contributed by atoms with E-state index in [0.717, 1.165) is 22.7 Å². The maximum absolute atomic E-state index is 5.31. The highest BCUT2D eigenvalue weighted by atomic mass is 16.5. The lowest BCUT2D eigenvalue weighted by Crippen LogP contribution is -1.90. The van der Waals surface area contributed by atoms with Crippen LogP contribution in [0.1, 0.15) is 5.56 Å². The fourth-order valence-electron chi connectivity index (χ4n) is 1.39. The molecule has 0 saturated heterocycles. The fourth-order valence-corrected chi connectivity index (χ4v) is 1.39. The highest BCUT2D eigenvalue weighted by Gasteiger charge is 2.07. The number of methoxy groups -OCH3 is 1. The monoisotopic (exact) mass is 198 g/mol. The molecule has 0 amide bonds. The number of H-pyrrole nitrogens is 1. The average Bonchev–Trinajstić information content (AvgIpc) is 2.81. The molecule has 3 heteroatoms. The second kappa shape index (κ2) is 3.89. The van der Waals surface area contributed by atoms with E-state index in [4.69, 9.17) is 11.2 Å². The van der Waals surface area contributed by atoms with E-state index < -0.39 is 0 Å². The summed E-state index contributed by atoms with van der Waals surface area (Å²) in [7, 11) is 1.61. The van der Waals surface area contributed by atoms with Gasteiger partial charge in [-0.1, -0.05) is 5.92 Å². The summed E-state index contributed by atoms with van der Waals surface area (Å²) in [6, 6.07) is 5.57. The summed E-state index contributed by atoms with van der Waals surface area (Å²) in [4.78, 5) is 7.19. The van der Waals surface area contributed by atoms with E-state index in [9.17, 15) is 0 Å². The molecule has 0 spiro atoms. The van der Waals surface area contributed by atoms with Gasteiger partial charge in [-0.25, -0.2) is 4.98 Å². The standard InChI is InChI=1S/C12H10N2O/c1-3-9-4-5-10(11(8-9)15-2)12-13-6-7-14-12/h1,4-8H,2H3,(H,13,14). The number of hydrogen-bond donors (Lipinski definition) is 1. The molecule has 0 aliphatic carbocycles. The van der Waals surface area contributed by atoms with Crippen molar-refractivity contribution in [1.82, 2.24) is 9.97 Å². The van der Waals surface area contributed by atoms with Crippen molar-refractivity contribution >= 4 is 0 Å². The number of aromatic nitrogens is 2. The Hall–Kier alpha value is -2.21. The molecule has 0 aliphatic heterocycles. The topological polar surface area (TPSA) is 37.9 Å². The molecule has 15 heavy (non-hydrogen) atoms. The second-order valence-electron chi connectivity index (χ2n) is 3.00. The first-order chi connectivity index (χ1) is 7.35. The summed E-state index contributed by atoms with van der Waals surface area (Å²) < 4.78 is 5.26. The summed E-state index contributed by atoms with van der Waals surface area (Å²) in [5.74, 6) is 4.06. The van der Waals surface area contributed by atoms with E-state index in [-0.39, 0.29) is 0 Å². The molecular weight excluding hydrogens is 188 g/mol. The van der Waals surface area contributed by atoms with Gasteiger partial charge in [0.15, 0.2) is 0 Å². The summed E-state index contributed by atoms with van der Waals surface area (Å²) in [5, 5.41) is 0. The summed E-state index contributed by atoms with van der Waals surface area (Å²) in [6.07, 6.45) is 8.78. The Morgan fingerprint density at radius 1 is 1.47 bits per heavy atom. The van der Waals surface area contributed by atoms with Crippen LogP contribution in [0.25, 0.3) is 11.4 Å². The maximum Gasteiger partial charge on any atom is 0.141 e. The van der Waals surface area contributed by atoms with Crippen molar-refractivity contribution < 1.29 is 4.74 Å². The van der Waals surface area contributed by atoms with Crippen LogP contribution in [0, 0.1) is 12.3 Å². The smallest absolute Gasteiger partial charge is 0.141 e. The Morgan fingerprint density at radius 2 is 2.33 bits per heavy atom. The van der Waals surface area contributed by atoms with E-state index in [1.807, 2.05) is 18.2 Å². The van der Waals surface area contributed by atoms with Crippen LogP contribution in [0.4, 0.5) is 0 Å². The lowest BCUT2D eigenvalue weighted by Gasteiger charge is -2.06. The van der Waals surface area contributed by atoms with Crippen molar-refractivity contribution in [2.45, 2.75) is 0 Å². The summed E-state index contributed by atoms with van der Waals surface area (Å²) >= 11 is 0. The van der Waals surface area contributed by atoms with Crippen molar-refractivity contribution in [3.63, 3.8) is 0 Å². The summed E-state index contributed by atoms with van der Waals surface area (Å²) in [6.45, 7) is 0. The SMILES string of the molecule is C#Cc1ccc(-c2ncc[nH]2)c(OC)c1. The molecule has 0 fully saturated rings. The van der Waals surface area contributed by atoms with E-state index in [2.05, 4.69) is 15.9 Å².